The molecular formula is C23H20ClFN4O5S2. The standard InChI is InChI=1S/C23H20ClFN4O5S2/c1-3-34-19-11-14(29-9-8-13-10-18(26-2)16(25)12-15(13)22(29)30)4-5-17(19)27-23(31)28-36(32,33)21-7-6-20(24)35-21/h4-12,26H,3H2,1-2H3,(H2,27,28,31). The van der Waals surface area contributed by atoms with Crippen LogP contribution in [0.1, 0.15) is 6.92 Å². The van der Waals surface area contributed by atoms with E-state index in [0.29, 0.717) is 11.1 Å². The van der Waals surface area contributed by atoms with Gasteiger partial charge in [0.25, 0.3) is 15.6 Å². The van der Waals surface area contributed by atoms with Crippen LogP contribution in [0.5, 0.6) is 5.75 Å². The summed E-state index contributed by atoms with van der Waals surface area (Å²) < 4.78 is 48.0. The highest BCUT2D eigenvalue weighted by molar-refractivity contribution is 7.92. The first-order valence-corrected chi connectivity index (χ1v) is 13.2. The van der Waals surface area contributed by atoms with Crippen LogP contribution in [0.4, 0.5) is 20.6 Å². The zero-order chi connectivity index (χ0) is 26.0. The van der Waals surface area contributed by atoms with Crippen molar-refractivity contribution in [2.45, 2.75) is 11.1 Å². The Kier molecular flexibility index (Phi) is 7.20. The van der Waals surface area contributed by atoms with Gasteiger partial charge in [0.05, 0.1) is 33.4 Å². The average molecular weight is 551 g/mol. The largest absolute Gasteiger partial charge is 0.492 e. The molecule has 13 heteroatoms. The van der Waals surface area contributed by atoms with Gasteiger partial charge in [0.15, 0.2) is 0 Å². The normalized spacial score (nSPS) is 11.3. The van der Waals surface area contributed by atoms with E-state index in [2.05, 4.69) is 10.6 Å². The maximum Gasteiger partial charge on any atom is 0.333 e. The Bertz CT molecular complexity index is 1640. The topological polar surface area (TPSA) is 119 Å². The molecule has 0 spiro atoms. The molecule has 4 aromatic rings. The molecule has 2 aromatic heterocycles. The van der Waals surface area contributed by atoms with Gasteiger partial charge in [-0.1, -0.05) is 11.6 Å². The number of fused-ring (bicyclic) bond motifs is 1. The monoisotopic (exact) mass is 550 g/mol. The number of aromatic nitrogens is 1. The van der Waals surface area contributed by atoms with Crippen LogP contribution in [0.25, 0.3) is 16.5 Å². The molecule has 188 valence electrons. The maximum atomic E-state index is 14.3. The first kappa shape index (κ1) is 25.5. The molecule has 0 saturated heterocycles. The number of nitrogens with one attached hydrogen (secondary N) is 3. The van der Waals surface area contributed by atoms with Crippen molar-refractivity contribution in [2.75, 3.05) is 24.3 Å². The van der Waals surface area contributed by atoms with E-state index in [0.717, 1.165) is 11.3 Å². The van der Waals surface area contributed by atoms with Gasteiger partial charge >= 0.3 is 6.03 Å². The quantitative estimate of drug-likeness (QED) is 0.304. The first-order valence-electron chi connectivity index (χ1n) is 10.5. The first-order chi connectivity index (χ1) is 17.1. The number of pyridine rings is 1. The lowest BCUT2D eigenvalue weighted by atomic mass is 10.1. The van der Waals surface area contributed by atoms with Crippen LogP contribution in [0.15, 0.2) is 63.7 Å². The number of hydrogen-bond donors (Lipinski definition) is 3. The molecule has 0 atom stereocenters. The molecule has 0 radical (unpaired) electrons. The highest BCUT2D eigenvalue weighted by Gasteiger charge is 2.21. The summed E-state index contributed by atoms with van der Waals surface area (Å²) in [7, 11) is -2.53. The highest BCUT2D eigenvalue weighted by atomic mass is 35.5. The van der Waals surface area contributed by atoms with Crippen LogP contribution < -0.4 is 25.7 Å². The van der Waals surface area contributed by atoms with E-state index in [1.165, 1.54) is 41.0 Å². The number of anilines is 2. The van der Waals surface area contributed by atoms with Crippen LogP contribution in [-0.2, 0) is 10.0 Å². The highest BCUT2D eigenvalue weighted by Crippen LogP contribution is 2.29. The van der Waals surface area contributed by atoms with Gasteiger partial charge in [-0.25, -0.2) is 22.3 Å². The van der Waals surface area contributed by atoms with E-state index >= 15 is 0 Å². The number of rotatable bonds is 7. The van der Waals surface area contributed by atoms with Crippen molar-refractivity contribution in [2.24, 2.45) is 0 Å². The molecule has 0 unspecified atom stereocenters. The van der Waals surface area contributed by atoms with Gasteiger partial charge in [-0.2, -0.15) is 0 Å². The summed E-state index contributed by atoms with van der Waals surface area (Å²) in [6, 6.07) is 10.6. The molecule has 0 saturated carbocycles. The van der Waals surface area contributed by atoms with Crippen LogP contribution in [0.2, 0.25) is 4.34 Å². The fourth-order valence-corrected chi connectivity index (χ4v) is 5.85. The fourth-order valence-electron chi connectivity index (χ4n) is 3.46. The minimum atomic E-state index is -4.12. The molecule has 2 amide bonds. The third-order valence-corrected chi connectivity index (χ3v) is 8.15. The maximum absolute atomic E-state index is 14.3. The predicted molar refractivity (Wildman–Crippen MR) is 139 cm³/mol. The number of sulfonamides is 1. The zero-order valence-electron chi connectivity index (χ0n) is 19.0. The number of nitrogens with zero attached hydrogens (tertiary/aromatic N) is 1. The van der Waals surface area contributed by atoms with Crippen LogP contribution in [0.3, 0.4) is 0 Å². The summed E-state index contributed by atoms with van der Waals surface area (Å²) >= 11 is 6.59. The number of hydrogen-bond acceptors (Lipinski definition) is 7. The Hall–Kier alpha value is -3.61. The van der Waals surface area contributed by atoms with Gasteiger partial charge in [-0.3, -0.25) is 9.36 Å². The second-order valence-corrected chi connectivity index (χ2v) is 11.0. The molecule has 9 nitrogen and oxygen atoms in total. The van der Waals surface area contributed by atoms with Crippen LogP contribution >= 0.6 is 22.9 Å². The van der Waals surface area contributed by atoms with Gasteiger partial charge in [0, 0.05) is 19.3 Å². The van der Waals surface area contributed by atoms with Gasteiger partial charge in [-0.15, -0.1) is 11.3 Å². The Morgan fingerprint density at radius 2 is 1.92 bits per heavy atom. The number of carbonyl (C=O) groups is 1. The summed E-state index contributed by atoms with van der Waals surface area (Å²) in [5.41, 5.74) is 0.401. The summed E-state index contributed by atoms with van der Waals surface area (Å²) in [5.74, 6) is -0.356. The van der Waals surface area contributed by atoms with Crippen molar-refractivity contribution in [1.29, 1.82) is 0 Å². The molecule has 4 rings (SSSR count). The summed E-state index contributed by atoms with van der Waals surface area (Å²) in [4.78, 5) is 25.5. The van der Waals surface area contributed by atoms with Crippen molar-refractivity contribution in [1.82, 2.24) is 9.29 Å². The van der Waals surface area contributed by atoms with Crippen molar-refractivity contribution in [3.8, 4) is 11.4 Å². The summed E-state index contributed by atoms with van der Waals surface area (Å²) in [6.07, 6.45) is 1.55. The van der Waals surface area contributed by atoms with Crippen LogP contribution in [-0.4, -0.2) is 32.7 Å². The summed E-state index contributed by atoms with van der Waals surface area (Å²) in [5, 5.41) is 5.93. The predicted octanol–water partition coefficient (Wildman–Crippen LogP) is 4.80. The Morgan fingerprint density at radius 3 is 2.58 bits per heavy atom. The molecule has 3 N–H and O–H groups in total. The lowest BCUT2D eigenvalue weighted by Gasteiger charge is -2.15. The third-order valence-electron chi connectivity index (χ3n) is 5.09. The Morgan fingerprint density at radius 1 is 1.14 bits per heavy atom. The van der Waals surface area contributed by atoms with Crippen molar-refractivity contribution < 1.29 is 22.3 Å². The van der Waals surface area contributed by atoms with E-state index < -0.39 is 27.4 Å². The molecule has 0 bridgehead atoms. The number of urea groups is 1. The Labute approximate surface area is 214 Å². The number of thiophene rings is 1. The van der Waals surface area contributed by atoms with Gasteiger partial charge in [-0.05, 0) is 54.8 Å². The number of carbonyl (C=O) groups excluding carboxylic acids is 1. The SMILES string of the molecule is CCOc1cc(-n2ccc3cc(NC)c(F)cc3c2=O)ccc1NC(=O)NS(=O)(=O)c1ccc(Cl)s1. The van der Waals surface area contributed by atoms with Gasteiger partial charge < -0.3 is 15.4 Å². The minimum Gasteiger partial charge on any atom is -0.492 e. The zero-order valence-corrected chi connectivity index (χ0v) is 21.4. The molecule has 36 heavy (non-hydrogen) atoms. The molecular weight excluding hydrogens is 531 g/mol. The number of halogens is 2. The Balaban J connectivity index is 1.64. The average Bonchev–Trinajstić information content (AvgIpc) is 3.28. The number of amides is 2. The second kappa shape index (κ2) is 10.2. The van der Waals surface area contributed by atoms with E-state index in [1.807, 2.05) is 4.72 Å². The van der Waals surface area contributed by atoms with Crippen molar-refractivity contribution in [3.05, 3.63) is 75.2 Å². The molecule has 0 aliphatic carbocycles. The van der Waals surface area contributed by atoms with Gasteiger partial charge in [0.1, 0.15) is 15.8 Å². The summed E-state index contributed by atoms with van der Waals surface area (Å²) in [6.45, 7) is 1.96. The second-order valence-electron chi connectivity index (χ2n) is 7.39. The minimum absolute atomic E-state index is 0.114. The van der Waals surface area contributed by atoms with E-state index in [4.69, 9.17) is 16.3 Å². The number of benzene rings is 2. The molecule has 2 heterocycles. The molecule has 0 fully saturated rings. The third kappa shape index (κ3) is 5.15. The fraction of sp³-hybridized carbons (Fsp3) is 0.130. The van der Waals surface area contributed by atoms with E-state index in [-0.39, 0.29) is 37.7 Å². The van der Waals surface area contributed by atoms with Gasteiger partial charge in [0.2, 0.25) is 0 Å². The van der Waals surface area contributed by atoms with Crippen LogP contribution in [0, 0.1) is 5.82 Å². The smallest absolute Gasteiger partial charge is 0.333 e. The van der Waals surface area contributed by atoms with E-state index in [1.54, 1.807) is 32.3 Å². The lowest BCUT2D eigenvalue weighted by molar-refractivity contribution is 0.256. The number of ether oxygens (including phenoxy) is 1. The van der Waals surface area contributed by atoms with Crippen molar-refractivity contribution in [3.63, 3.8) is 0 Å². The lowest BCUT2D eigenvalue weighted by Crippen LogP contribution is -2.34. The van der Waals surface area contributed by atoms with E-state index in [9.17, 15) is 22.4 Å². The van der Waals surface area contributed by atoms with Crippen molar-refractivity contribution >= 4 is 61.1 Å². The molecule has 0 aliphatic heterocycles. The molecule has 2 aromatic carbocycles. The molecule has 0 aliphatic rings.